The van der Waals surface area contributed by atoms with Gasteiger partial charge in [0.05, 0.1) is 5.56 Å². The fourth-order valence-corrected chi connectivity index (χ4v) is 2.82. The highest BCUT2D eigenvalue weighted by Gasteiger charge is 2.09. The average Bonchev–Trinajstić information content (AvgIpc) is 2.47. The lowest BCUT2D eigenvalue weighted by Crippen LogP contribution is -2.26. The number of carbonyl (C=O) groups excluding carboxylic acids is 1. The van der Waals surface area contributed by atoms with Crippen LogP contribution >= 0.6 is 27.7 Å². The number of anilines is 1. The van der Waals surface area contributed by atoms with Crippen LogP contribution in [0.15, 0.2) is 57.9 Å². The van der Waals surface area contributed by atoms with Gasteiger partial charge in [0.25, 0.3) is 5.91 Å². The van der Waals surface area contributed by atoms with Crippen molar-refractivity contribution in [2.45, 2.75) is 4.90 Å². The predicted molar refractivity (Wildman–Crippen MR) is 88.1 cm³/mol. The summed E-state index contributed by atoms with van der Waals surface area (Å²) in [6, 6.07) is 15.4. The molecule has 0 heterocycles. The third-order valence-electron chi connectivity index (χ3n) is 2.66. The van der Waals surface area contributed by atoms with Crippen LogP contribution in [0.3, 0.4) is 0 Å². The molecule has 2 aromatic carbocycles. The lowest BCUT2D eigenvalue weighted by molar-refractivity contribution is 0.0957. The first-order chi connectivity index (χ1) is 9.66. The molecule has 20 heavy (non-hydrogen) atoms. The number of nitrogens with one attached hydrogen (secondary N) is 1. The minimum Gasteiger partial charge on any atom is -0.398 e. The third kappa shape index (κ3) is 4.28. The highest BCUT2D eigenvalue weighted by molar-refractivity contribution is 9.10. The highest BCUT2D eigenvalue weighted by atomic mass is 79.9. The van der Waals surface area contributed by atoms with Gasteiger partial charge in [-0.15, -0.1) is 11.8 Å². The molecular weight excluding hydrogens is 336 g/mol. The molecule has 0 aliphatic heterocycles. The number of thioether (sulfide) groups is 1. The number of nitrogens with two attached hydrogens (primary N) is 1. The van der Waals surface area contributed by atoms with E-state index in [4.69, 9.17) is 5.73 Å². The molecule has 3 N–H and O–H groups in total. The van der Waals surface area contributed by atoms with Crippen LogP contribution in [0.5, 0.6) is 0 Å². The first kappa shape index (κ1) is 14.9. The summed E-state index contributed by atoms with van der Waals surface area (Å²) in [5.74, 6) is 0.682. The molecule has 0 aliphatic rings. The molecule has 0 saturated heterocycles. The summed E-state index contributed by atoms with van der Waals surface area (Å²) in [6.45, 7) is 0.602. The summed E-state index contributed by atoms with van der Waals surface area (Å²) in [5, 5.41) is 2.88. The van der Waals surface area contributed by atoms with Crippen LogP contribution in [-0.4, -0.2) is 18.2 Å². The minimum absolute atomic E-state index is 0.141. The van der Waals surface area contributed by atoms with E-state index in [1.54, 1.807) is 23.9 Å². The van der Waals surface area contributed by atoms with E-state index < -0.39 is 0 Å². The zero-order valence-corrected chi connectivity index (χ0v) is 13.2. The molecular formula is C15H15BrN2OS. The van der Waals surface area contributed by atoms with Crippen molar-refractivity contribution in [2.75, 3.05) is 18.0 Å². The standard InChI is InChI=1S/C15H15BrN2OS/c16-11-6-7-14(17)13(10-11)15(19)18-8-9-20-12-4-2-1-3-5-12/h1-7,10H,8-9,17H2,(H,18,19). The number of amides is 1. The zero-order chi connectivity index (χ0) is 14.4. The van der Waals surface area contributed by atoms with Gasteiger partial charge in [0.1, 0.15) is 0 Å². The van der Waals surface area contributed by atoms with Crippen LogP contribution in [0.2, 0.25) is 0 Å². The van der Waals surface area contributed by atoms with Crippen LogP contribution < -0.4 is 11.1 Å². The van der Waals surface area contributed by atoms with E-state index in [0.29, 0.717) is 17.8 Å². The van der Waals surface area contributed by atoms with Gasteiger partial charge in [-0.05, 0) is 30.3 Å². The van der Waals surface area contributed by atoms with Crippen molar-refractivity contribution in [3.63, 3.8) is 0 Å². The normalized spacial score (nSPS) is 10.2. The van der Waals surface area contributed by atoms with E-state index in [0.717, 1.165) is 10.2 Å². The molecule has 0 unspecified atom stereocenters. The summed E-state index contributed by atoms with van der Waals surface area (Å²) < 4.78 is 0.843. The number of hydrogen-bond acceptors (Lipinski definition) is 3. The van der Waals surface area contributed by atoms with E-state index in [1.165, 1.54) is 4.90 Å². The largest absolute Gasteiger partial charge is 0.398 e. The monoisotopic (exact) mass is 350 g/mol. The van der Waals surface area contributed by atoms with Gasteiger partial charge < -0.3 is 11.1 Å². The molecule has 0 aliphatic carbocycles. The second-order valence-electron chi connectivity index (χ2n) is 4.15. The first-order valence-corrected chi connectivity index (χ1v) is 7.96. The summed E-state index contributed by atoms with van der Waals surface area (Å²) in [4.78, 5) is 13.2. The molecule has 2 rings (SSSR count). The summed E-state index contributed by atoms with van der Waals surface area (Å²) in [7, 11) is 0. The van der Waals surface area contributed by atoms with E-state index >= 15 is 0 Å². The topological polar surface area (TPSA) is 55.1 Å². The average molecular weight is 351 g/mol. The fraction of sp³-hybridized carbons (Fsp3) is 0.133. The maximum atomic E-state index is 12.0. The minimum atomic E-state index is -0.141. The Morgan fingerprint density at radius 2 is 1.95 bits per heavy atom. The van der Waals surface area contributed by atoms with Crippen molar-refractivity contribution in [3.05, 3.63) is 58.6 Å². The van der Waals surface area contributed by atoms with Gasteiger partial charge in [0.2, 0.25) is 0 Å². The van der Waals surface area contributed by atoms with Crippen molar-refractivity contribution < 1.29 is 4.79 Å². The Kier molecular flexibility index (Phi) is 5.49. The quantitative estimate of drug-likeness (QED) is 0.492. The molecule has 104 valence electrons. The van der Waals surface area contributed by atoms with Gasteiger partial charge in [-0.1, -0.05) is 34.1 Å². The van der Waals surface area contributed by atoms with Gasteiger partial charge >= 0.3 is 0 Å². The van der Waals surface area contributed by atoms with Gasteiger partial charge in [-0.25, -0.2) is 0 Å². The van der Waals surface area contributed by atoms with Crippen LogP contribution in [-0.2, 0) is 0 Å². The van der Waals surface area contributed by atoms with Gasteiger partial charge in [-0.2, -0.15) is 0 Å². The van der Waals surface area contributed by atoms with Crippen molar-refractivity contribution in [3.8, 4) is 0 Å². The highest BCUT2D eigenvalue weighted by Crippen LogP contribution is 2.19. The van der Waals surface area contributed by atoms with Gasteiger partial charge in [0, 0.05) is 27.4 Å². The Hall–Kier alpha value is -1.46. The lowest BCUT2D eigenvalue weighted by atomic mass is 10.2. The van der Waals surface area contributed by atoms with Crippen molar-refractivity contribution in [2.24, 2.45) is 0 Å². The Labute approximate surface area is 131 Å². The molecule has 3 nitrogen and oxygen atoms in total. The maximum Gasteiger partial charge on any atom is 0.253 e. The SMILES string of the molecule is Nc1ccc(Br)cc1C(=O)NCCSc1ccccc1. The molecule has 0 spiro atoms. The summed E-state index contributed by atoms with van der Waals surface area (Å²) >= 11 is 5.05. The number of carbonyl (C=O) groups is 1. The van der Waals surface area contributed by atoms with E-state index in [-0.39, 0.29) is 5.91 Å². The predicted octanol–water partition coefficient (Wildman–Crippen LogP) is 3.55. The van der Waals surface area contributed by atoms with Crippen LogP contribution in [0.4, 0.5) is 5.69 Å². The van der Waals surface area contributed by atoms with Crippen LogP contribution in [0.1, 0.15) is 10.4 Å². The lowest BCUT2D eigenvalue weighted by Gasteiger charge is -2.08. The summed E-state index contributed by atoms with van der Waals surface area (Å²) in [5.41, 5.74) is 6.79. The smallest absolute Gasteiger partial charge is 0.253 e. The number of hydrogen-bond donors (Lipinski definition) is 2. The molecule has 0 radical (unpaired) electrons. The molecule has 0 saturated carbocycles. The second kappa shape index (κ2) is 7.36. The van der Waals surface area contributed by atoms with Gasteiger partial charge in [-0.3, -0.25) is 4.79 Å². The van der Waals surface area contributed by atoms with Crippen molar-refractivity contribution >= 4 is 39.3 Å². The Morgan fingerprint density at radius 3 is 2.70 bits per heavy atom. The molecule has 0 aromatic heterocycles. The van der Waals surface area contributed by atoms with Crippen molar-refractivity contribution in [1.82, 2.24) is 5.32 Å². The zero-order valence-electron chi connectivity index (χ0n) is 10.8. The van der Waals surface area contributed by atoms with Gasteiger partial charge in [0.15, 0.2) is 0 Å². The maximum absolute atomic E-state index is 12.0. The molecule has 2 aromatic rings. The molecule has 0 atom stereocenters. The van der Waals surface area contributed by atoms with Crippen LogP contribution in [0, 0.1) is 0 Å². The van der Waals surface area contributed by atoms with E-state index in [2.05, 4.69) is 33.4 Å². The first-order valence-electron chi connectivity index (χ1n) is 6.18. The molecule has 0 bridgehead atoms. The summed E-state index contributed by atoms with van der Waals surface area (Å²) in [6.07, 6.45) is 0. The van der Waals surface area contributed by atoms with E-state index in [9.17, 15) is 4.79 Å². The second-order valence-corrected chi connectivity index (χ2v) is 6.23. The molecule has 5 heteroatoms. The number of benzene rings is 2. The molecule has 1 amide bonds. The Balaban J connectivity index is 1.82. The Bertz CT molecular complexity index is 590. The number of rotatable bonds is 5. The third-order valence-corrected chi connectivity index (χ3v) is 4.17. The van der Waals surface area contributed by atoms with E-state index in [1.807, 2.05) is 24.3 Å². The molecule has 0 fully saturated rings. The Morgan fingerprint density at radius 1 is 1.20 bits per heavy atom. The van der Waals surface area contributed by atoms with Crippen molar-refractivity contribution in [1.29, 1.82) is 0 Å². The van der Waals surface area contributed by atoms with Crippen LogP contribution in [0.25, 0.3) is 0 Å². The number of halogens is 1. The number of nitrogen functional groups attached to an aromatic ring is 1. The fourth-order valence-electron chi connectivity index (χ4n) is 1.67.